The molecule has 164 valence electrons. The molecule has 0 aliphatic rings. The van der Waals surface area contributed by atoms with Crippen LogP contribution in [0, 0.1) is 20.8 Å². The number of aryl methyl sites for hydroxylation is 4. The molecule has 2 amide bonds. The van der Waals surface area contributed by atoms with Crippen LogP contribution in [0.4, 0.5) is 0 Å². The number of hydrogen-bond acceptors (Lipinski definition) is 5. The number of halogens is 1. The third-order valence-corrected chi connectivity index (χ3v) is 5.63. The van der Waals surface area contributed by atoms with Gasteiger partial charge in [0.1, 0.15) is 5.75 Å². The Morgan fingerprint density at radius 3 is 2.65 bits per heavy atom. The maximum absolute atomic E-state index is 12.3. The molecule has 9 heteroatoms. The van der Waals surface area contributed by atoms with Crippen molar-refractivity contribution in [1.82, 2.24) is 25.6 Å². The second-order valence-corrected chi connectivity index (χ2v) is 8.38. The van der Waals surface area contributed by atoms with Crippen LogP contribution >= 0.6 is 15.9 Å². The van der Waals surface area contributed by atoms with E-state index < -0.39 is 12.0 Å². The second kappa shape index (κ2) is 9.47. The third kappa shape index (κ3) is 5.22. The van der Waals surface area contributed by atoms with Crippen LogP contribution in [0.25, 0.3) is 11.0 Å². The van der Waals surface area contributed by atoms with Crippen LogP contribution in [0.5, 0.6) is 5.75 Å². The van der Waals surface area contributed by atoms with E-state index in [9.17, 15) is 9.59 Å². The van der Waals surface area contributed by atoms with Crippen molar-refractivity contribution in [2.45, 2.75) is 46.6 Å². The lowest BCUT2D eigenvalue weighted by Gasteiger charge is -2.15. The molecule has 8 nitrogen and oxygen atoms in total. The molecule has 0 aliphatic heterocycles. The van der Waals surface area contributed by atoms with E-state index in [-0.39, 0.29) is 12.3 Å². The van der Waals surface area contributed by atoms with Crippen LogP contribution in [-0.2, 0) is 23.1 Å². The van der Waals surface area contributed by atoms with E-state index in [1.165, 1.54) is 0 Å². The number of amides is 2. The van der Waals surface area contributed by atoms with Crippen LogP contribution in [0.15, 0.2) is 28.7 Å². The summed E-state index contributed by atoms with van der Waals surface area (Å²) in [4.78, 5) is 29.2. The highest BCUT2D eigenvalue weighted by molar-refractivity contribution is 9.10. The highest BCUT2D eigenvalue weighted by atomic mass is 79.9. The monoisotopic (exact) mass is 487 g/mol. The minimum atomic E-state index is -0.765. The second-order valence-electron chi connectivity index (χ2n) is 7.46. The van der Waals surface area contributed by atoms with Crippen molar-refractivity contribution in [2.24, 2.45) is 7.05 Å². The number of rotatable bonds is 6. The number of fused-ring (bicyclic) bond motifs is 1. The number of hydrogen-bond donors (Lipinski definition) is 2. The van der Waals surface area contributed by atoms with Gasteiger partial charge in [0.15, 0.2) is 11.8 Å². The van der Waals surface area contributed by atoms with E-state index in [1.54, 1.807) is 23.7 Å². The summed E-state index contributed by atoms with van der Waals surface area (Å²) >= 11 is 3.36. The number of carbonyl (C=O) groups is 2. The van der Waals surface area contributed by atoms with Gasteiger partial charge in [-0.15, -0.1) is 0 Å². The number of nitrogens with zero attached hydrogens (tertiary/aromatic N) is 3. The fourth-order valence-corrected chi connectivity index (χ4v) is 3.94. The van der Waals surface area contributed by atoms with Gasteiger partial charge in [-0.2, -0.15) is 5.10 Å². The normalized spacial score (nSPS) is 11.9. The first-order valence-corrected chi connectivity index (χ1v) is 10.8. The van der Waals surface area contributed by atoms with Crippen molar-refractivity contribution < 1.29 is 14.3 Å². The average molecular weight is 488 g/mol. The van der Waals surface area contributed by atoms with Gasteiger partial charge in [-0.3, -0.25) is 25.1 Å². The molecule has 31 heavy (non-hydrogen) atoms. The van der Waals surface area contributed by atoms with Crippen molar-refractivity contribution in [2.75, 3.05) is 0 Å². The molecule has 0 saturated carbocycles. The Bertz CT molecular complexity index is 1140. The minimum absolute atomic E-state index is 0.218. The largest absolute Gasteiger partial charge is 0.481 e. The zero-order chi connectivity index (χ0) is 22.7. The molecule has 0 spiro atoms. The van der Waals surface area contributed by atoms with E-state index >= 15 is 0 Å². The van der Waals surface area contributed by atoms with E-state index in [0.717, 1.165) is 38.0 Å². The molecular weight excluding hydrogens is 462 g/mol. The smallest absolute Gasteiger partial charge is 0.279 e. The van der Waals surface area contributed by atoms with Crippen molar-refractivity contribution in [3.63, 3.8) is 0 Å². The number of ether oxygens (including phenoxy) is 1. The molecule has 0 radical (unpaired) electrons. The maximum atomic E-state index is 12.3. The summed E-state index contributed by atoms with van der Waals surface area (Å²) in [5.74, 6) is -0.164. The maximum Gasteiger partial charge on any atom is 0.279 e. The summed E-state index contributed by atoms with van der Waals surface area (Å²) < 4.78 is 8.22. The van der Waals surface area contributed by atoms with Gasteiger partial charge >= 0.3 is 0 Å². The highest BCUT2D eigenvalue weighted by Gasteiger charge is 2.18. The van der Waals surface area contributed by atoms with Gasteiger partial charge in [-0.05, 0) is 63.4 Å². The van der Waals surface area contributed by atoms with Gasteiger partial charge < -0.3 is 4.74 Å². The Morgan fingerprint density at radius 2 is 1.94 bits per heavy atom. The Hall–Kier alpha value is -2.94. The van der Waals surface area contributed by atoms with Gasteiger partial charge in [-0.1, -0.05) is 22.0 Å². The zero-order valence-electron chi connectivity index (χ0n) is 18.2. The van der Waals surface area contributed by atoms with Crippen molar-refractivity contribution in [3.8, 4) is 5.75 Å². The quantitative estimate of drug-likeness (QED) is 0.520. The molecule has 2 aromatic heterocycles. The lowest BCUT2D eigenvalue weighted by Crippen LogP contribution is -2.47. The first kappa shape index (κ1) is 22.7. The molecule has 0 aliphatic carbocycles. The molecule has 0 bridgehead atoms. The van der Waals surface area contributed by atoms with Gasteiger partial charge in [0.25, 0.3) is 5.91 Å². The summed E-state index contributed by atoms with van der Waals surface area (Å²) in [5.41, 5.74) is 9.62. The van der Waals surface area contributed by atoms with E-state index in [4.69, 9.17) is 4.74 Å². The molecule has 1 aromatic carbocycles. The Balaban J connectivity index is 1.55. The number of aromatic nitrogens is 3. The molecule has 3 aromatic rings. The number of hydrazine groups is 1. The molecular formula is C22H26BrN5O3. The predicted octanol–water partition coefficient (Wildman–Crippen LogP) is 3.20. The molecule has 0 saturated heterocycles. The number of carbonyl (C=O) groups excluding carboxylic acids is 2. The predicted molar refractivity (Wildman–Crippen MR) is 122 cm³/mol. The Morgan fingerprint density at radius 1 is 1.19 bits per heavy atom. The van der Waals surface area contributed by atoms with Crippen molar-refractivity contribution in [3.05, 3.63) is 51.3 Å². The minimum Gasteiger partial charge on any atom is -0.481 e. The van der Waals surface area contributed by atoms with E-state index in [2.05, 4.69) is 36.9 Å². The number of benzene rings is 1. The number of nitrogens with one attached hydrogen (secondary N) is 2. The summed E-state index contributed by atoms with van der Waals surface area (Å²) in [5, 5.41) is 5.46. The standard InChI is InChI=1S/C22H26BrN5O3/c1-12-18(13(2)24-21-20(12)14(3)27-28(21)5)9-10-19(29)25-26-22(30)15(4)31-17-8-6-7-16(23)11-17/h6-8,11,15H,9-10H2,1-5H3,(H,25,29)(H,26,30)/t15-/m0/s1. The molecule has 0 unspecified atom stereocenters. The fourth-order valence-electron chi connectivity index (χ4n) is 3.56. The lowest BCUT2D eigenvalue weighted by atomic mass is 9.99. The SMILES string of the molecule is Cc1nc2c(c(C)nn2C)c(C)c1CCC(=O)NNC(=O)[C@H](C)Oc1cccc(Br)c1. The van der Waals surface area contributed by atoms with Gasteiger partial charge in [-0.25, -0.2) is 4.98 Å². The summed E-state index contributed by atoms with van der Waals surface area (Å²) in [6.07, 6.45) is -0.0324. The molecule has 3 rings (SSSR count). The Labute approximate surface area is 189 Å². The first-order chi connectivity index (χ1) is 14.7. The van der Waals surface area contributed by atoms with Crippen LogP contribution in [0.1, 0.15) is 35.9 Å². The summed E-state index contributed by atoms with van der Waals surface area (Å²) in [6, 6.07) is 7.20. The topological polar surface area (TPSA) is 98.1 Å². The fraction of sp³-hybridized carbons (Fsp3) is 0.364. The van der Waals surface area contributed by atoms with Gasteiger partial charge in [0, 0.05) is 29.0 Å². The highest BCUT2D eigenvalue weighted by Crippen LogP contribution is 2.26. The average Bonchev–Trinajstić information content (AvgIpc) is 2.99. The first-order valence-electron chi connectivity index (χ1n) is 9.97. The summed E-state index contributed by atoms with van der Waals surface area (Å²) in [6.45, 7) is 7.54. The number of pyridine rings is 1. The van der Waals surface area contributed by atoms with E-state index in [1.807, 2.05) is 40.0 Å². The zero-order valence-corrected chi connectivity index (χ0v) is 19.8. The van der Waals surface area contributed by atoms with Gasteiger partial charge in [0.05, 0.1) is 5.69 Å². The summed E-state index contributed by atoms with van der Waals surface area (Å²) in [7, 11) is 1.87. The van der Waals surface area contributed by atoms with Crippen LogP contribution in [-0.4, -0.2) is 32.7 Å². The lowest BCUT2D eigenvalue weighted by molar-refractivity contribution is -0.132. The van der Waals surface area contributed by atoms with Crippen LogP contribution in [0.2, 0.25) is 0 Å². The molecule has 0 fully saturated rings. The van der Waals surface area contributed by atoms with Crippen LogP contribution < -0.4 is 15.6 Å². The Kier molecular flexibility index (Phi) is 6.94. The van der Waals surface area contributed by atoms with E-state index in [0.29, 0.717) is 12.2 Å². The molecule has 2 N–H and O–H groups in total. The molecule has 1 atom stereocenters. The van der Waals surface area contributed by atoms with Crippen molar-refractivity contribution in [1.29, 1.82) is 0 Å². The molecule has 2 heterocycles. The van der Waals surface area contributed by atoms with Crippen molar-refractivity contribution >= 4 is 38.8 Å². The van der Waals surface area contributed by atoms with Gasteiger partial charge in [0.2, 0.25) is 5.91 Å². The van der Waals surface area contributed by atoms with Crippen LogP contribution in [0.3, 0.4) is 0 Å². The third-order valence-electron chi connectivity index (χ3n) is 5.14.